The van der Waals surface area contributed by atoms with Crippen molar-refractivity contribution >= 4 is 44.7 Å². The highest BCUT2D eigenvalue weighted by Gasteiger charge is 2.19. The molecule has 0 aliphatic rings. The Morgan fingerprint density at radius 3 is 2.71 bits per heavy atom. The number of anilines is 1. The molecule has 2 aromatic carbocycles. The largest absolute Gasteiger partial charge is 0.456 e. The standard InChI is InChI=1S/C21H14ClFN2O2S/c22-19-16(24)10-17(14-4-3-13-7-8-28-18(13)9-14)25-20(19)21(26)27-11-12-1-5-15(23)6-2-12/h1-10H,11H2,(H2,24,25). The second-order valence-electron chi connectivity index (χ2n) is 6.14. The van der Waals surface area contributed by atoms with Gasteiger partial charge in [0.05, 0.1) is 16.4 Å². The minimum atomic E-state index is -0.694. The van der Waals surface area contributed by atoms with E-state index in [1.807, 2.05) is 29.6 Å². The second kappa shape index (κ2) is 7.58. The Kier molecular flexibility index (Phi) is 4.98. The molecule has 0 aliphatic carbocycles. The van der Waals surface area contributed by atoms with E-state index >= 15 is 0 Å². The summed E-state index contributed by atoms with van der Waals surface area (Å²) in [5, 5.41) is 3.19. The zero-order valence-electron chi connectivity index (χ0n) is 14.5. The summed E-state index contributed by atoms with van der Waals surface area (Å²) in [4.78, 5) is 16.9. The fourth-order valence-corrected chi connectivity index (χ4v) is 3.75. The molecule has 0 fully saturated rings. The number of esters is 1. The molecule has 0 saturated heterocycles. The Balaban J connectivity index is 1.62. The SMILES string of the molecule is Nc1cc(-c2ccc3ccsc3c2)nc(C(=O)OCc2ccc(F)cc2)c1Cl. The van der Waals surface area contributed by atoms with E-state index in [4.69, 9.17) is 22.1 Å². The van der Waals surface area contributed by atoms with Gasteiger partial charge in [0.25, 0.3) is 0 Å². The topological polar surface area (TPSA) is 65.2 Å². The van der Waals surface area contributed by atoms with Crippen LogP contribution in [0.3, 0.4) is 0 Å². The molecule has 0 spiro atoms. The Labute approximate surface area is 169 Å². The molecule has 0 atom stereocenters. The molecule has 0 aliphatic heterocycles. The monoisotopic (exact) mass is 412 g/mol. The average Bonchev–Trinajstić information content (AvgIpc) is 3.17. The van der Waals surface area contributed by atoms with Gasteiger partial charge in [0.1, 0.15) is 12.4 Å². The zero-order valence-corrected chi connectivity index (χ0v) is 16.1. The van der Waals surface area contributed by atoms with Gasteiger partial charge in [-0.15, -0.1) is 11.3 Å². The van der Waals surface area contributed by atoms with Gasteiger partial charge in [-0.2, -0.15) is 0 Å². The van der Waals surface area contributed by atoms with Gasteiger partial charge in [-0.1, -0.05) is 35.9 Å². The van der Waals surface area contributed by atoms with Crippen LogP contribution in [0.2, 0.25) is 5.02 Å². The van der Waals surface area contributed by atoms with Gasteiger partial charge >= 0.3 is 5.97 Å². The molecule has 7 heteroatoms. The van der Waals surface area contributed by atoms with E-state index in [0.717, 1.165) is 15.6 Å². The molecule has 2 N–H and O–H groups in total. The molecule has 0 unspecified atom stereocenters. The third-order valence-electron chi connectivity index (χ3n) is 4.21. The number of fused-ring (bicyclic) bond motifs is 1. The molecule has 0 saturated carbocycles. The molecule has 2 aromatic heterocycles. The number of benzene rings is 2. The average molecular weight is 413 g/mol. The van der Waals surface area contributed by atoms with Crippen molar-refractivity contribution in [1.82, 2.24) is 4.98 Å². The van der Waals surface area contributed by atoms with Gasteiger partial charge in [-0.05, 0) is 46.7 Å². The van der Waals surface area contributed by atoms with Crippen molar-refractivity contribution in [1.29, 1.82) is 0 Å². The maximum absolute atomic E-state index is 13.0. The lowest BCUT2D eigenvalue weighted by molar-refractivity contribution is 0.0466. The number of aromatic nitrogens is 1. The van der Waals surface area contributed by atoms with E-state index in [-0.39, 0.29) is 28.8 Å². The lowest BCUT2D eigenvalue weighted by Gasteiger charge is -2.10. The van der Waals surface area contributed by atoms with E-state index in [2.05, 4.69) is 4.98 Å². The Bertz CT molecular complexity index is 1170. The highest BCUT2D eigenvalue weighted by atomic mass is 35.5. The maximum Gasteiger partial charge on any atom is 0.358 e. The lowest BCUT2D eigenvalue weighted by atomic mass is 10.1. The number of nitrogens with zero attached hydrogens (tertiary/aromatic N) is 1. The summed E-state index contributed by atoms with van der Waals surface area (Å²) < 4.78 is 19.4. The quantitative estimate of drug-likeness (QED) is 0.437. The molecule has 2 heterocycles. The molecular formula is C21H14ClFN2O2S. The summed E-state index contributed by atoms with van der Waals surface area (Å²) in [5.74, 6) is -1.05. The third kappa shape index (κ3) is 3.69. The number of hydrogen-bond acceptors (Lipinski definition) is 5. The van der Waals surface area contributed by atoms with Crippen molar-refractivity contribution in [3.8, 4) is 11.3 Å². The van der Waals surface area contributed by atoms with Crippen molar-refractivity contribution in [3.63, 3.8) is 0 Å². The molecule has 4 aromatic rings. The Hall–Kier alpha value is -2.96. The summed E-state index contributed by atoms with van der Waals surface area (Å²) in [6.07, 6.45) is 0. The highest BCUT2D eigenvalue weighted by molar-refractivity contribution is 7.17. The zero-order chi connectivity index (χ0) is 19.7. The van der Waals surface area contributed by atoms with Crippen molar-refractivity contribution < 1.29 is 13.9 Å². The van der Waals surface area contributed by atoms with Crippen LogP contribution < -0.4 is 5.73 Å². The predicted molar refractivity (Wildman–Crippen MR) is 110 cm³/mol. The fourth-order valence-electron chi connectivity index (χ4n) is 2.74. The van der Waals surface area contributed by atoms with Crippen molar-refractivity contribution in [3.05, 3.63) is 82.1 Å². The smallest absolute Gasteiger partial charge is 0.358 e. The molecule has 4 rings (SSSR count). The fraction of sp³-hybridized carbons (Fsp3) is 0.0476. The normalized spacial score (nSPS) is 10.9. The van der Waals surface area contributed by atoms with E-state index < -0.39 is 5.97 Å². The van der Waals surface area contributed by atoms with E-state index in [1.165, 1.54) is 12.1 Å². The number of rotatable bonds is 4. The summed E-state index contributed by atoms with van der Waals surface area (Å²) in [6.45, 7) is -0.0254. The van der Waals surface area contributed by atoms with Crippen molar-refractivity contribution in [2.24, 2.45) is 0 Å². The van der Waals surface area contributed by atoms with Crippen LogP contribution in [0.15, 0.2) is 60.0 Å². The number of nitrogen functional groups attached to an aromatic ring is 1. The Morgan fingerprint density at radius 1 is 1.14 bits per heavy atom. The molecular weight excluding hydrogens is 399 g/mol. The van der Waals surface area contributed by atoms with Gasteiger partial charge in [-0.3, -0.25) is 0 Å². The van der Waals surface area contributed by atoms with Crippen molar-refractivity contribution in [2.45, 2.75) is 6.61 Å². The van der Waals surface area contributed by atoms with Crippen LogP contribution in [-0.4, -0.2) is 11.0 Å². The lowest BCUT2D eigenvalue weighted by Crippen LogP contribution is -2.10. The number of ether oxygens (including phenoxy) is 1. The first kappa shape index (κ1) is 18.4. The van der Waals surface area contributed by atoms with Crippen LogP contribution in [0, 0.1) is 5.82 Å². The highest BCUT2D eigenvalue weighted by Crippen LogP contribution is 2.31. The minimum absolute atomic E-state index is 0.0254. The molecule has 140 valence electrons. The number of halogens is 2. The number of nitrogens with two attached hydrogens (primary N) is 1. The molecule has 4 nitrogen and oxygen atoms in total. The van der Waals surface area contributed by atoms with Crippen LogP contribution in [0.1, 0.15) is 16.1 Å². The van der Waals surface area contributed by atoms with Crippen LogP contribution in [-0.2, 0) is 11.3 Å². The number of hydrogen-bond donors (Lipinski definition) is 1. The van der Waals surface area contributed by atoms with Crippen LogP contribution in [0.25, 0.3) is 21.3 Å². The predicted octanol–water partition coefficient (Wildman–Crippen LogP) is 5.70. The van der Waals surface area contributed by atoms with Crippen LogP contribution in [0.4, 0.5) is 10.1 Å². The summed E-state index contributed by atoms with van der Waals surface area (Å²) >= 11 is 7.81. The molecule has 0 bridgehead atoms. The van der Waals surface area contributed by atoms with Gasteiger partial charge in [-0.25, -0.2) is 14.2 Å². The van der Waals surface area contributed by atoms with E-state index in [0.29, 0.717) is 11.3 Å². The number of thiophene rings is 1. The van der Waals surface area contributed by atoms with Gasteiger partial charge < -0.3 is 10.5 Å². The molecule has 0 amide bonds. The molecule has 0 radical (unpaired) electrons. The first-order valence-electron chi connectivity index (χ1n) is 8.36. The first-order valence-corrected chi connectivity index (χ1v) is 9.62. The minimum Gasteiger partial charge on any atom is -0.456 e. The van der Waals surface area contributed by atoms with Gasteiger partial charge in [0, 0.05) is 10.3 Å². The van der Waals surface area contributed by atoms with E-state index in [1.54, 1.807) is 29.5 Å². The number of carbonyl (C=O) groups excluding carboxylic acids is 1. The summed E-state index contributed by atoms with van der Waals surface area (Å²) in [6, 6.07) is 15.2. The maximum atomic E-state index is 13.0. The summed E-state index contributed by atoms with van der Waals surface area (Å²) in [7, 11) is 0. The van der Waals surface area contributed by atoms with Crippen LogP contribution in [0.5, 0.6) is 0 Å². The Morgan fingerprint density at radius 2 is 1.93 bits per heavy atom. The third-order valence-corrected chi connectivity index (χ3v) is 5.49. The second-order valence-corrected chi connectivity index (χ2v) is 7.46. The van der Waals surface area contributed by atoms with Gasteiger partial charge in [0.15, 0.2) is 5.69 Å². The number of carbonyl (C=O) groups is 1. The van der Waals surface area contributed by atoms with Crippen LogP contribution >= 0.6 is 22.9 Å². The molecule has 28 heavy (non-hydrogen) atoms. The summed E-state index contributed by atoms with van der Waals surface area (Å²) in [5.41, 5.74) is 8.20. The van der Waals surface area contributed by atoms with Gasteiger partial charge in [0.2, 0.25) is 0 Å². The van der Waals surface area contributed by atoms with E-state index in [9.17, 15) is 9.18 Å². The number of pyridine rings is 1. The first-order chi connectivity index (χ1) is 13.5. The van der Waals surface area contributed by atoms with Crippen molar-refractivity contribution in [2.75, 3.05) is 5.73 Å².